The molecular formula is C14H19NO2. The highest BCUT2D eigenvalue weighted by atomic mass is 16.5. The van der Waals surface area contributed by atoms with Gasteiger partial charge in [0.2, 0.25) is 0 Å². The number of ether oxygens (including phenoxy) is 1. The summed E-state index contributed by atoms with van der Waals surface area (Å²) in [4.78, 5) is 15.8. The summed E-state index contributed by atoms with van der Waals surface area (Å²) in [5, 5.41) is 0. The molecule has 1 aromatic rings. The van der Waals surface area contributed by atoms with E-state index in [0.717, 1.165) is 25.0 Å². The molecule has 17 heavy (non-hydrogen) atoms. The third-order valence-electron chi connectivity index (χ3n) is 3.24. The minimum Gasteiger partial charge on any atom is -0.378 e. The van der Waals surface area contributed by atoms with Crippen molar-refractivity contribution in [3.05, 3.63) is 30.1 Å². The van der Waals surface area contributed by atoms with Gasteiger partial charge in [-0.05, 0) is 37.3 Å². The van der Waals surface area contributed by atoms with Gasteiger partial charge in [-0.3, -0.25) is 9.78 Å². The van der Waals surface area contributed by atoms with E-state index in [0.29, 0.717) is 30.6 Å². The molecule has 3 nitrogen and oxygen atoms in total. The number of carbonyl (C=O) groups is 1. The van der Waals surface area contributed by atoms with Gasteiger partial charge in [-0.1, -0.05) is 6.07 Å². The molecule has 0 aliphatic heterocycles. The zero-order valence-corrected chi connectivity index (χ0v) is 10.3. The van der Waals surface area contributed by atoms with Gasteiger partial charge in [0.1, 0.15) is 5.78 Å². The molecule has 3 heteroatoms. The second-order valence-electron chi connectivity index (χ2n) is 4.70. The van der Waals surface area contributed by atoms with Crippen LogP contribution in [0.5, 0.6) is 0 Å². The number of Topliss-reactive ketones (excluding diaryl/α,β-unsaturated/α-hetero) is 1. The van der Waals surface area contributed by atoms with Crippen molar-refractivity contribution >= 4 is 5.78 Å². The Balaban J connectivity index is 1.69. The van der Waals surface area contributed by atoms with Crippen molar-refractivity contribution in [2.45, 2.75) is 38.7 Å². The van der Waals surface area contributed by atoms with Gasteiger partial charge in [0.05, 0.1) is 6.10 Å². The van der Waals surface area contributed by atoms with E-state index in [9.17, 15) is 4.79 Å². The van der Waals surface area contributed by atoms with Gasteiger partial charge in [-0.15, -0.1) is 0 Å². The molecule has 1 fully saturated rings. The van der Waals surface area contributed by atoms with Crippen molar-refractivity contribution in [3.8, 4) is 0 Å². The lowest BCUT2D eigenvalue weighted by molar-refractivity contribution is -0.121. The van der Waals surface area contributed by atoms with Crippen LogP contribution in [0.3, 0.4) is 0 Å². The summed E-state index contributed by atoms with van der Waals surface area (Å²) in [6, 6.07) is 3.83. The Labute approximate surface area is 102 Å². The molecule has 1 aliphatic carbocycles. The lowest BCUT2D eigenvalue weighted by Crippen LogP contribution is -2.33. The summed E-state index contributed by atoms with van der Waals surface area (Å²) in [6.07, 6.45) is 7.20. The first kappa shape index (κ1) is 12.2. The molecule has 0 N–H and O–H groups in total. The standard InChI is InChI=1S/C14H19NO2/c1-2-17-14-8-12(9-14)7-13(16)6-11-4-3-5-15-10-11/h3-5,10,12,14H,2,6-9H2,1H3. The smallest absolute Gasteiger partial charge is 0.137 e. The molecule has 0 spiro atoms. The van der Waals surface area contributed by atoms with Crippen LogP contribution in [0, 0.1) is 5.92 Å². The number of aromatic nitrogens is 1. The monoisotopic (exact) mass is 233 g/mol. The van der Waals surface area contributed by atoms with Gasteiger partial charge in [0.15, 0.2) is 0 Å². The van der Waals surface area contributed by atoms with E-state index in [1.54, 1.807) is 12.4 Å². The average Bonchev–Trinajstić information content (AvgIpc) is 2.27. The van der Waals surface area contributed by atoms with Crippen LogP contribution in [-0.4, -0.2) is 23.5 Å². The Hall–Kier alpha value is -1.22. The van der Waals surface area contributed by atoms with Crippen LogP contribution in [0.15, 0.2) is 24.5 Å². The number of pyridine rings is 1. The summed E-state index contributed by atoms with van der Waals surface area (Å²) in [7, 11) is 0. The van der Waals surface area contributed by atoms with Crippen molar-refractivity contribution in [2.75, 3.05) is 6.61 Å². The van der Waals surface area contributed by atoms with Crippen molar-refractivity contribution in [1.82, 2.24) is 4.98 Å². The van der Waals surface area contributed by atoms with E-state index in [1.807, 2.05) is 19.1 Å². The Morgan fingerprint density at radius 2 is 2.35 bits per heavy atom. The average molecular weight is 233 g/mol. The van der Waals surface area contributed by atoms with Crippen molar-refractivity contribution in [1.29, 1.82) is 0 Å². The van der Waals surface area contributed by atoms with E-state index in [2.05, 4.69) is 4.98 Å². The third kappa shape index (κ3) is 3.63. The zero-order chi connectivity index (χ0) is 12.1. The molecule has 0 atom stereocenters. The third-order valence-corrected chi connectivity index (χ3v) is 3.24. The minimum absolute atomic E-state index is 0.318. The highest BCUT2D eigenvalue weighted by molar-refractivity contribution is 5.81. The Kier molecular flexibility index (Phi) is 4.26. The van der Waals surface area contributed by atoms with Crippen LogP contribution in [0.25, 0.3) is 0 Å². The first-order chi connectivity index (χ1) is 8.28. The van der Waals surface area contributed by atoms with Gasteiger partial charge in [0.25, 0.3) is 0 Å². The van der Waals surface area contributed by atoms with Crippen LogP contribution in [0.1, 0.15) is 31.7 Å². The van der Waals surface area contributed by atoms with E-state index in [1.165, 1.54) is 0 Å². The molecule has 0 amide bonds. The summed E-state index contributed by atoms with van der Waals surface area (Å²) < 4.78 is 5.49. The van der Waals surface area contributed by atoms with E-state index >= 15 is 0 Å². The van der Waals surface area contributed by atoms with E-state index in [-0.39, 0.29) is 0 Å². The first-order valence-corrected chi connectivity index (χ1v) is 6.30. The summed E-state index contributed by atoms with van der Waals surface area (Å²) >= 11 is 0. The Bertz CT molecular complexity index is 358. The van der Waals surface area contributed by atoms with Crippen LogP contribution in [0.2, 0.25) is 0 Å². The molecule has 0 unspecified atom stereocenters. The topological polar surface area (TPSA) is 39.2 Å². The van der Waals surface area contributed by atoms with Crippen LogP contribution < -0.4 is 0 Å². The lowest BCUT2D eigenvalue weighted by Gasteiger charge is -2.34. The fraction of sp³-hybridized carbons (Fsp3) is 0.571. The largest absolute Gasteiger partial charge is 0.378 e. The number of carbonyl (C=O) groups excluding carboxylic acids is 1. The van der Waals surface area contributed by atoms with E-state index in [4.69, 9.17) is 4.74 Å². The maximum atomic E-state index is 11.8. The Morgan fingerprint density at radius 3 is 3.00 bits per heavy atom. The fourth-order valence-corrected chi connectivity index (χ4v) is 2.34. The molecule has 0 radical (unpaired) electrons. The van der Waals surface area contributed by atoms with Crippen LogP contribution in [-0.2, 0) is 16.0 Å². The van der Waals surface area contributed by atoms with E-state index < -0.39 is 0 Å². The van der Waals surface area contributed by atoms with Gasteiger partial charge in [0, 0.05) is 31.8 Å². The van der Waals surface area contributed by atoms with Crippen molar-refractivity contribution in [2.24, 2.45) is 5.92 Å². The molecule has 1 aromatic heterocycles. The molecule has 2 rings (SSSR count). The molecule has 1 heterocycles. The quantitative estimate of drug-likeness (QED) is 0.757. The van der Waals surface area contributed by atoms with Crippen LogP contribution >= 0.6 is 0 Å². The fourth-order valence-electron chi connectivity index (χ4n) is 2.34. The van der Waals surface area contributed by atoms with Gasteiger partial charge in [-0.2, -0.15) is 0 Å². The number of hydrogen-bond donors (Lipinski definition) is 0. The number of nitrogens with zero attached hydrogens (tertiary/aromatic N) is 1. The van der Waals surface area contributed by atoms with Crippen LogP contribution in [0.4, 0.5) is 0 Å². The molecule has 0 aromatic carbocycles. The highest BCUT2D eigenvalue weighted by Crippen LogP contribution is 2.33. The summed E-state index contributed by atoms with van der Waals surface area (Å²) in [6.45, 7) is 2.79. The molecule has 1 aliphatic rings. The summed E-state index contributed by atoms with van der Waals surface area (Å²) in [5.41, 5.74) is 1.01. The predicted molar refractivity (Wildman–Crippen MR) is 65.7 cm³/mol. The van der Waals surface area contributed by atoms with Gasteiger partial charge in [-0.25, -0.2) is 0 Å². The summed E-state index contributed by atoms with van der Waals surface area (Å²) in [5.74, 6) is 0.855. The second-order valence-corrected chi connectivity index (χ2v) is 4.70. The van der Waals surface area contributed by atoms with Crippen molar-refractivity contribution < 1.29 is 9.53 Å². The predicted octanol–water partition coefficient (Wildman–Crippen LogP) is 2.40. The number of ketones is 1. The molecule has 1 saturated carbocycles. The Morgan fingerprint density at radius 1 is 1.53 bits per heavy atom. The highest BCUT2D eigenvalue weighted by Gasteiger charge is 2.30. The number of rotatable bonds is 6. The number of hydrogen-bond acceptors (Lipinski definition) is 3. The van der Waals surface area contributed by atoms with Gasteiger partial charge < -0.3 is 4.74 Å². The molecule has 0 saturated heterocycles. The van der Waals surface area contributed by atoms with Crippen molar-refractivity contribution in [3.63, 3.8) is 0 Å². The zero-order valence-electron chi connectivity index (χ0n) is 10.3. The maximum Gasteiger partial charge on any atom is 0.137 e. The first-order valence-electron chi connectivity index (χ1n) is 6.30. The maximum absolute atomic E-state index is 11.8. The van der Waals surface area contributed by atoms with Gasteiger partial charge >= 0.3 is 0 Å². The molecule has 0 bridgehead atoms. The normalized spacial score (nSPS) is 23.1. The minimum atomic E-state index is 0.318. The lowest BCUT2D eigenvalue weighted by atomic mass is 9.78. The SMILES string of the molecule is CCOC1CC(CC(=O)Cc2cccnc2)C1. The second kappa shape index (κ2) is 5.92. The molecular weight excluding hydrogens is 214 g/mol. The molecule has 92 valence electrons.